The molecule has 1 aromatic carbocycles. The highest BCUT2D eigenvalue weighted by molar-refractivity contribution is 6.30. The minimum Gasteiger partial charge on any atom is -0.386 e. The van der Waals surface area contributed by atoms with Gasteiger partial charge in [-0.15, -0.1) is 0 Å². The van der Waals surface area contributed by atoms with Crippen LogP contribution in [0, 0.1) is 0 Å². The summed E-state index contributed by atoms with van der Waals surface area (Å²) in [4.78, 5) is 2.43. The van der Waals surface area contributed by atoms with E-state index in [1.165, 1.54) is 12.8 Å². The van der Waals surface area contributed by atoms with Gasteiger partial charge in [-0.3, -0.25) is 4.90 Å². The maximum Gasteiger partial charge on any atom is 0.0973 e. The summed E-state index contributed by atoms with van der Waals surface area (Å²) in [6.45, 7) is 6.33. The summed E-state index contributed by atoms with van der Waals surface area (Å²) in [5.41, 5.74) is 0.898. The fraction of sp³-hybridized carbons (Fsp3) is 0.625. The maximum absolute atomic E-state index is 10.9. The Hall–Kier alpha value is -0.570. The molecule has 1 fully saturated rings. The van der Waals surface area contributed by atoms with E-state index in [2.05, 4.69) is 18.7 Å². The van der Waals surface area contributed by atoms with E-state index < -0.39 is 6.10 Å². The lowest BCUT2D eigenvalue weighted by molar-refractivity contribution is -0.0268. The Morgan fingerprint density at radius 1 is 1.16 bits per heavy atom. The van der Waals surface area contributed by atoms with Crippen LogP contribution in [-0.4, -0.2) is 28.6 Å². The van der Waals surface area contributed by atoms with Crippen molar-refractivity contribution in [2.24, 2.45) is 0 Å². The molecule has 1 aliphatic carbocycles. The van der Waals surface area contributed by atoms with Crippen LogP contribution in [0.15, 0.2) is 24.3 Å². The third kappa shape index (κ3) is 2.81. The molecule has 1 unspecified atom stereocenters. The molecule has 19 heavy (non-hydrogen) atoms. The minimum atomic E-state index is -0.424. The van der Waals surface area contributed by atoms with E-state index >= 15 is 0 Å². The fourth-order valence-corrected chi connectivity index (χ4v) is 3.68. The van der Waals surface area contributed by atoms with Gasteiger partial charge in [-0.2, -0.15) is 0 Å². The van der Waals surface area contributed by atoms with E-state index in [1.807, 2.05) is 24.3 Å². The first-order chi connectivity index (χ1) is 9.14. The Morgan fingerprint density at radius 3 is 2.16 bits per heavy atom. The molecular weight excluding hydrogens is 258 g/mol. The van der Waals surface area contributed by atoms with Crippen LogP contribution < -0.4 is 0 Å². The van der Waals surface area contributed by atoms with Crippen LogP contribution in [0.1, 0.15) is 51.2 Å². The summed E-state index contributed by atoms with van der Waals surface area (Å²) in [6.07, 6.45) is 4.16. The summed E-state index contributed by atoms with van der Waals surface area (Å²) in [5, 5.41) is 11.6. The van der Waals surface area contributed by atoms with Gasteiger partial charge in [0.15, 0.2) is 0 Å². The lowest BCUT2D eigenvalue weighted by Gasteiger charge is -2.44. The molecule has 2 nitrogen and oxygen atoms in total. The second-order valence-corrected chi connectivity index (χ2v) is 5.87. The first-order valence-electron chi connectivity index (χ1n) is 7.32. The molecule has 106 valence electrons. The van der Waals surface area contributed by atoms with Crippen molar-refractivity contribution < 1.29 is 5.11 Å². The first kappa shape index (κ1) is 14.8. The molecule has 0 aliphatic heterocycles. The zero-order valence-corrected chi connectivity index (χ0v) is 12.7. The minimum absolute atomic E-state index is 0.0860. The van der Waals surface area contributed by atoms with Gasteiger partial charge in [-0.25, -0.2) is 0 Å². The van der Waals surface area contributed by atoms with Gasteiger partial charge in [0.1, 0.15) is 0 Å². The average molecular weight is 282 g/mol. The molecular formula is C16H24ClNO. The van der Waals surface area contributed by atoms with E-state index in [1.54, 1.807) is 0 Å². The Bertz CT molecular complexity index is 394. The number of halogens is 1. The fourth-order valence-electron chi connectivity index (χ4n) is 3.56. The normalized spacial score (nSPS) is 19.8. The van der Waals surface area contributed by atoms with Crippen LogP contribution in [0.2, 0.25) is 5.02 Å². The molecule has 3 heteroatoms. The van der Waals surface area contributed by atoms with Crippen LogP contribution in [0.25, 0.3) is 0 Å². The van der Waals surface area contributed by atoms with Crippen molar-refractivity contribution >= 4 is 11.6 Å². The van der Waals surface area contributed by atoms with Gasteiger partial charge in [0.2, 0.25) is 0 Å². The highest BCUT2D eigenvalue weighted by atomic mass is 35.5. The Labute approximate surface area is 121 Å². The van der Waals surface area contributed by atoms with Gasteiger partial charge >= 0.3 is 0 Å². The van der Waals surface area contributed by atoms with Crippen molar-refractivity contribution in [3.05, 3.63) is 34.9 Å². The summed E-state index contributed by atoms with van der Waals surface area (Å²) < 4.78 is 0. The van der Waals surface area contributed by atoms with Gasteiger partial charge in [0.05, 0.1) is 11.6 Å². The standard InChI is InChI=1S/C16H24ClNO/c1-3-18(4-2)16(11-5-6-12-16)15(19)13-7-9-14(17)10-8-13/h7-10,15,19H,3-6,11-12H2,1-2H3. The number of nitrogens with zero attached hydrogens (tertiary/aromatic N) is 1. The quantitative estimate of drug-likeness (QED) is 0.881. The number of likely N-dealkylation sites (N-methyl/N-ethyl adjacent to an activating group) is 1. The van der Waals surface area contributed by atoms with Crippen LogP contribution in [0.3, 0.4) is 0 Å². The van der Waals surface area contributed by atoms with Crippen LogP contribution >= 0.6 is 11.6 Å². The largest absolute Gasteiger partial charge is 0.386 e. The number of benzene rings is 1. The van der Waals surface area contributed by atoms with E-state index in [-0.39, 0.29) is 5.54 Å². The summed E-state index contributed by atoms with van der Waals surface area (Å²) in [6, 6.07) is 7.64. The predicted octanol–water partition coefficient (Wildman–Crippen LogP) is 4.03. The lowest BCUT2D eigenvalue weighted by atomic mass is 9.84. The molecule has 0 saturated heterocycles. The smallest absolute Gasteiger partial charge is 0.0973 e. The second-order valence-electron chi connectivity index (χ2n) is 5.44. The molecule has 1 aliphatic rings. The first-order valence-corrected chi connectivity index (χ1v) is 7.70. The molecule has 1 N–H and O–H groups in total. The van der Waals surface area contributed by atoms with Gasteiger partial charge in [0, 0.05) is 5.02 Å². The number of aliphatic hydroxyl groups is 1. The summed E-state index contributed by atoms with van der Waals surface area (Å²) in [5.74, 6) is 0. The van der Waals surface area contributed by atoms with Gasteiger partial charge in [0.25, 0.3) is 0 Å². The molecule has 0 bridgehead atoms. The third-order valence-corrected chi connectivity index (χ3v) is 4.81. The second kappa shape index (κ2) is 6.25. The van der Waals surface area contributed by atoms with Gasteiger partial charge < -0.3 is 5.11 Å². The average Bonchev–Trinajstić information content (AvgIpc) is 2.91. The van der Waals surface area contributed by atoms with Gasteiger partial charge in [-0.05, 0) is 43.6 Å². The Kier molecular flexibility index (Phi) is 4.88. The third-order valence-electron chi connectivity index (χ3n) is 4.56. The number of hydrogen-bond donors (Lipinski definition) is 1. The van der Waals surface area contributed by atoms with E-state index in [9.17, 15) is 5.11 Å². The highest BCUT2D eigenvalue weighted by Gasteiger charge is 2.44. The maximum atomic E-state index is 10.9. The zero-order chi connectivity index (χ0) is 13.9. The molecule has 0 amide bonds. The van der Waals surface area contributed by atoms with Crippen molar-refractivity contribution in [2.75, 3.05) is 13.1 Å². The van der Waals surface area contributed by atoms with Crippen molar-refractivity contribution in [2.45, 2.75) is 51.2 Å². The highest BCUT2D eigenvalue weighted by Crippen LogP contribution is 2.44. The van der Waals surface area contributed by atoms with Gasteiger partial charge in [-0.1, -0.05) is 50.4 Å². The molecule has 0 spiro atoms. The zero-order valence-electron chi connectivity index (χ0n) is 11.9. The number of aliphatic hydroxyl groups excluding tert-OH is 1. The number of hydrogen-bond acceptors (Lipinski definition) is 2. The van der Waals surface area contributed by atoms with E-state index in [0.29, 0.717) is 0 Å². The Morgan fingerprint density at radius 2 is 1.68 bits per heavy atom. The monoisotopic (exact) mass is 281 g/mol. The molecule has 1 saturated carbocycles. The van der Waals surface area contributed by atoms with Crippen molar-refractivity contribution in [3.63, 3.8) is 0 Å². The Balaban J connectivity index is 2.30. The molecule has 0 heterocycles. The molecule has 1 aromatic rings. The summed E-state index contributed by atoms with van der Waals surface area (Å²) in [7, 11) is 0. The van der Waals surface area contributed by atoms with E-state index in [0.717, 1.165) is 36.5 Å². The predicted molar refractivity (Wildman–Crippen MR) is 80.5 cm³/mol. The topological polar surface area (TPSA) is 23.5 Å². The van der Waals surface area contributed by atoms with Crippen molar-refractivity contribution in [1.82, 2.24) is 4.90 Å². The summed E-state index contributed by atoms with van der Waals surface area (Å²) >= 11 is 5.94. The van der Waals surface area contributed by atoms with Crippen molar-refractivity contribution in [3.8, 4) is 0 Å². The van der Waals surface area contributed by atoms with Crippen LogP contribution in [-0.2, 0) is 0 Å². The number of rotatable bonds is 5. The van der Waals surface area contributed by atoms with Crippen LogP contribution in [0.5, 0.6) is 0 Å². The molecule has 1 atom stereocenters. The molecule has 2 rings (SSSR count). The lowest BCUT2D eigenvalue weighted by Crippen LogP contribution is -2.51. The van der Waals surface area contributed by atoms with Crippen molar-refractivity contribution in [1.29, 1.82) is 0 Å². The van der Waals surface area contributed by atoms with Crippen LogP contribution in [0.4, 0.5) is 0 Å². The molecule has 0 radical (unpaired) electrons. The van der Waals surface area contributed by atoms with E-state index in [4.69, 9.17) is 11.6 Å². The SMILES string of the molecule is CCN(CC)C1(C(O)c2ccc(Cl)cc2)CCCC1. The molecule has 0 aromatic heterocycles.